The summed E-state index contributed by atoms with van der Waals surface area (Å²) in [6, 6.07) is 64.3. The first-order valence-corrected chi connectivity index (χ1v) is 18.2. The number of nitrogens with zero attached hydrogens (tertiary/aromatic N) is 1. The second kappa shape index (κ2) is 11.5. The SMILES string of the molecule is c1ccc(-c2ccc(N(c3cccc4c3sc3c(-c5ccccc5)cccc34)c3cccc4sc5ccccc5c34)c3ccccc23)cc1. The highest BCUT2D eigenvalue weighted by Gasteiger charge is 2.24. The lowest BCUT2D eigenvalue weighted by Gasteiger charge is -2.29. The summed E-state index contributed by atoms with van der Waals surface area (Å²) in [5.41, 5.74) is 8.55. The number of thiophene rings is 2. The van der Waals surface area contributed by atoms with Crippen LogP contribution in [0.2, 0.25) is 0 Å². The highest BCUT2D eigenvalue weighted by atomic mass is 32.1. The molecule has 0 fully saturated rings. The van der Waals surface area contributed by atoms with Crippen LogP contribution in [0.15, 0.2) is 176 Å². The van der Waals surface area contributed by atoms with E-state index in [1.807, 2.05) is 22.7 Å². The summed E-state index contributed by atoms with van der Waals surface area (Å²) < 4.78 is 5.21. The van der Waals surface area contributed by atoms with E-state index >= 15 is 0 Å². The zero-order valence-electron chi connectivity index (χ0n) is 26.5. The van der Waals surface area contributed by atoms with Gasteiger partial charge in [0.15, 0.2) is 0 Å². The third-order valence-electron chi connectivity index (χ3n) is 9.68. The van der Waals surface area contributed by atoms with Gasteiger partial charge in [-0.2, -0.15) is 0 Å². The van der Waals surface area contributed by atoms with Crippen LogP contribution in [-0.2, 0) is 0 Å². The van der Waals surface area contributed by atoms with E-state index in [1.54, 1.807) is 0 Å². The summed E-state index contributed by atoms with van der Waals surface area (Å²) >= 11 is 3.77. The molecule has 230 valence electrons. The lowest BCUT2D eigenvalue weighted by atomic mass is 9.96. The average Bonchev–Trinajstić information content (AvgIpc) is 3.75. The van der Waals surface area contributed by atoms with Gasteiger partial charge in [0.1, 0.15) is 0 Å². The van der Waals surface area contributed by atoms with E-state index in [0.29, 0.717) is 0 Å². The predicted molar refractivity (Wildman–Crippen MR) is 215 cm³/mol. The molecule has 0 bridgehead atoms. The van der Waals surface area contributed by atoms with E-state index in [9.17, 15) is 0 Å². The Bertz CT molecular complexity index is 2830. The fourth-order valence-electron chi connectivity index (χ4n) is 7.51. The van der Waals surface area contributed by atoms with E-state index < -0.39 is 0 Å². The molecule has 3 heteroatoms. The van der Waals surface area contributed by atoms with Crippen LogP contribution < -0.4 is 4.90 Å². The fraction of sp³-hybridized carbons (Fsp3) is 0. The molecule has 10 rings (SSSR count). The van der Waals surface area contributed by atoms with Crippen LogP contribution in [0, 0.1) is 0 Å². The zero-order chi connectivity index (χ0) is 32.3. The Labute approximate surface area is 292 Å². The summed E-state index contributed by atoms with van der Waals surface area (Å²) in [5.74, 6) is 0. The molecular weight excluding hydrogens is 631 g/mol. The molecule has 2 aromatic heterocycles. The Kier molecular flexibility index (Phi) is 6.61. The Morgan fingerprint density at radius 3 is 1.67 bits per heavy atom. The first-order chi connectivity index (χ1) is 24.3. The smallest absolute Gasteiger partial charge is 0.0640 e. The number of rotatable bonds is 5. The molecule has 0 atom stereocenters. The summed E-state index contributed by atoms with van der Waals surface area (Å²) in [6.07, 6.45) is 0. The minimum Gasteiger partial charge on any atom is -0.308 e. The monoisotopic (exact) mass is 659 g/mol. The molecule has 0 unspecified atom stereocenters. The number of hydrogen-bond acceptors (Lipinski definition) is 3. The molecule has 0 radical (unpaired) electrons. The van der Waals surface area contributed by atoms with Crippen molar-refractivity contribution in [2.45, 2.75) is 0 Å². The van der Waals surface area contributed by atoms with Gasteiger partial charge >= 0.3 is 0 Å². The van der Waals surface area contributed by atoms with Gasteiger partial charge in [0.2, 0.25) is 0 Å². The van der Waals surface area contributed by atoms with Gasteiger partial charge in [0, 0.05) is 41.0 Å². The summed E-state index contributed by atoms with van der Waals surface area (Å²) in [5, 5.41) is 7.64. The van der Waals surface area contributed by atoms with Gasteiger partial charge in [-0.25, -0.2) is 0 Å². The fourth-order valence-corrected chi connectivity index (χ4v) is 9.97. The van der Waals surface area contributed by atoms with Crippen LogP contribution in [-0.4, -0.2) is 0 Å². The van der Waals surface area contributed by atoms with Gasteiger partial charge in [-0.15, -0.1) is 22.7 Å². The molecule has 1 nitrogen and oxygen atoms in total. The third kappa shape index (κ3) is 4.51. The van der Waals surface area contributed by atoms with E-state index in [1.165, 1.54) is 90.4 Å². The molecule has 0 aliphatic rings. The molecule has 0 spiro atoms. The molecule has 0 aliphatic carbocycles. The minimum absolute atomic E-state index is 1.17. The van der Waals surface area contributed by atoms with Crippen LogP contribution in [0.1, 0.15) is 0 Å². The van der Waals surface area contributed by atoms with Crippen molar-refractivity contribution in [1.82, 2.24) is 0 Å². The molecule has 0 saturated heterocycles. The van der Waals surface area contributed by atoms with Crippen LogP contribution >= 0.6 is 22.7 Å². The average molecular weight is 660 g/mol. The summed E-state index contributed by atoms with van der Waals surface area (Å²) in [6.45, 7) is 0. The first-order valence-electron chi connectivity index (χ1n) is 16.6. The Hall–Kier alpha value is -5.74. The Balaban J connectivity index is 1.31. The standard InChI is InChI=1S/C46H29NS2/c1-3-14-30(15-4-1)32-28-29-39(35-19-8-7-18-34(32)35)47(40-24-13-27-43-44(40)38-20-9-10-26-42(38)48-43)41-25-12-23-37-36-22-11-21-33(45(36)49-46(37)41)31-16-5-2-6-17-31/h1-29H. The second-order valence-corrected chi connectivity index (χ2v) is 14.5. The van der Waals surface area contributed by atoms with Crippen LogP contribution in [0.25, 0.3) is 73.4 Å². The largest absolute Gasteiger partial charge is 0.308 e. The molecule has 2 heterocycles. The van der Waals surface area contributed by atoms with Crippen LogP contribution in [0.4, 0.5) is 17.1 Å². The van der Waals surface area contributed by atoms with Gasteiger partial charge in [0.05, 0.1) is 21.8 Å². The molecule has 0 N–H and O–H groups in total. The molecule has 49 heavy (non-hydrogen) atoms. The number of anilines is 3. The number of fused-ring (bicyclic) bond motifs is 7. The maximum atomic E-state index is 2.54. The van der Waals surface area contributed by atoms with Crippen LogP contribution in [0.5, 0.6) is 0 Å². The second-order valence-electron chi connectivity index (χ2n) is 12.4. The quantitative estimate of drug-likeness (QED) is 0.178. The van der Waals surface area contributed by atoms with Gasteiger partial charge in [-0.3, -0.25) is 0 Å². The minimum atomic E-state index is 1.17. The lowest BCUT2D eigenvalue weighted by molar-refractivity contribution is 1.34. The highest BCUT2D eigenvalue weighted by molar-refractivity contribution is 7.27. The topological polar surface area (TPSA) is 3.24 Å². The zero-order valence-corrected chi connectivity index (χ0v) is 28.1. The van der Waals surface area contributed by atoms with Gasteiger partial charge < -0.3 is 4.90 Å². The molecular formula is C46H29NS2. The maximum Gasteiger partial charge on any atom is 0.0640 e. The maximum absolute atomic E-state index is 2.54. The van der Waals surface area contributed by atoms with Crippen molar-refractivity contribution in [1.29, 1.82) is 0 Å². The van der Waals surface area contributed by atoms with E-state index in [0.717, 1.165) is 0 Å². The van der Waals surface area contributed by atoms with Gasteiger partial charge in [0.25, 0.3) is 0 Å². The lowest BCUT2D eigenvalue weighted by Crippen LogP contribution is -2.11. The summed E-state index contributed by atoms with van der Waals surface area (Å²) in [4.78, 5) is 2.54. The van der Waals surface area contributed by atoms with Crippen molar-refractivity contribution in [3.8, 4) is 22.3 Å². The number of benzene rings is 8. The van der Waals surface area contributed by atoms with E-state index in [-0.39, 0.29) is 0 Å². The molecule has 0 saturated carbocycles. The van der Waals surface area contributed by atoms with Crippen LogP contribution in [0.3, 0.4) is 0 Å². The van der Waals surface area contributed by atoms with Crippen molar-refractivity contribution in [2.75, 3.05) is 4.90 Å². The van der Waals surface area contributed by atoms with Gasteiger partial charge in [-0.05, 0) is 58.0 Å². The van der Waals surface area contributed by atoms with Crippen molar-refractivity contribution in [3.63, 3.8) is 0 Å². The third-order valence-corrected chi connectivity index (χ3v) is 12.1. The molecule has 0 amide bonds. The predicted octanol–water partition coefficient (Wildman–Crippen LogP) is 14.4. The Morgan fingerprint density at radius 2 is 0.878 bits per heavy atom. The van der Waals surface area contributed by atoms with Crippen molar-refractivity contribution >= 4 is 90.9 Å². The molecule has 0 aliphatic heterocycles. The van der Waals surface area contributed by atoms with Crippen molar-refractivity contribution in [3.05, 3.63) is 176 Å². The number of hydrogen-bond donors (Lipinski definition) is 0. The van der Waals surface area contributed by atoms with Crippen molar-refractivity contribution < 1.29 is 0 Å². The molecule has 8 aromatic carbocycles. The first kappa shape index (κ1) is 28.3. The normalized spacial score (nSPS) is 11.7. The highest BCUT2D eigenvalue weighted by Crippen LogP contribution is 2.51. The summed E-state index contributed by atoms with van der Waals surface area (Å²) in [7, 11) is 0. The molecule has 10 aromatic rings. The Morgan fingerprint density at radius 1 is 0.306 bits per heavy atom. The van der Waals surface area contributed by atoms with E-state index in [2.05, 4.69) is 181 Å². The van der Waals surface area contributed by atoms with Crippen molar-refractivity contribution in [2.24, 2.45) is 0 Å². The van der Waals surface area contributed by atoms with E-state index in [4.69, 9.17) is 0 Å². The van der Waals surface area contributed by atoms with Gasteiger partial charge in [-0.1, -0.05) is 146 Å².